The molecule has 0 heterocycles. The molecule has 2 N–H and O–H groups in total. The summed E-state index contributed by atoms with van der Waals surface area (Å²) >= 11 is 0. The molecule has 6 nitrogen and oxygen atoms in total. The molecule has 32 heavy (non-hydrogen) atoms. The van der Waals surface area contributed by atoms with E-state index in [0.29, 0.717) is 31.3 Å². The molecule has 0 aliphatic rings. The fraction of sp³-hybridized carbons (Fsp3) is 0.269. The van der Waals surface area contributed by atoms with Gasteiger partial charge in [-0.05, 0) is 42.8 Å². The van der Waals surface area contributed by atoms with E-state index in [1.807, 2.05) is 78.9 Å². The van der Waals surface area contributed by atoms with Gasteiger partial charge in [-0.1, -0.05) is 55.8 Å². The second-order valence-corrected chi connectivity index (χ2v) is 7.11. The van der Waals surface area contributed by atoms with Crippen LogP contribution in [0.25, 0.3) is 0 Å². The summed E-state index contributed by atoms with van der Waals surface area (Å²) in [4.78, 5) is 12.5. The molecule has 0 aromatic heterocycles. The molecule has 168 valence electrons. The first-order chi connectivity index (χ1) is 15.8. The molecule has 0 saturated heterocycles. The van der Waals surface area contributed by atoms with E-state index in [4.69, 9.17) is 14.2 Å². The van der Waals surface area contributed by atoms with E-state index in [-0.39, 0.29) is 12.5 Å². The first-order valence-corrected chi connectivity index (χ1v) is 10.9. The number of benzene rings is 3. The monoisotopic (exact) mass is 434 g/mol. The minimum Gasteiger partial charge on any atom is -0.491 e. The van der Waals surface area contributed by atoms with Gasteiger partial charge in [-0.15, -0.1) is 0 Å². The minimum atomic E-state index is -0.176. The topological polar surface area (TPSA) is 68.8 Å². The number of anilines is 2. The van der Waals surface area contributed by atoms with Gasteiger partial charge >= 0.3 is 0 Å². The molecule has 0 spiro atoms. The van der Waals surface area contributed by atoms with Crippen molar-refractivity contribution in [2.75, 3.05) is 37.0 Å². The molecule has 0 aliphatic heterocycles. The number of carbonyl (C=O) groups is 1. The predicted octanol–water partition coefficient (Wildman–Crippen LogP) is 5.37. The Labute approximate surface area is 189 Å². The molecular weight excluding hydrogens is 404 g/mol. The van der Waals surface area contributed by atoms with Gasteiger partial charge < -0.3 is 24.8 Å². The zero-order chi connectivity index (χ0) is 22.4. The van der Waals surface area contributed by atoms with Crippen molar-refractivity contribution < 1.29 is 19.0 Å². The summed E-state index contributed by atoms with van der Waals surface area (Å²) in [6.45, 7) is 3.65. The highest BCUT2D eigenvalue weighted by molar-refractivity contribution is 5.95. The van der Waals surface area contributed by atoms with Crippen LogP contribution in [0.3, 0.4) is 0 Å². The SMILES string of the molecule is CCCCOc1ccccc1NCC(=O)Nc1ccccc1OCCOc1ccccc1. The molecule has 0 fully saturated rings. The molecule has 0 unspecified atom stereocenters. The maximum Gasteiger partial charge on any atom is 0.243 e. The number of nitrogens with one attached hydrogen (secondary N) is 2. The molecule has 3 rings (SSSR count). The number of carbonyl (C=O) groups excluding carboxylic acids is 1. The Morgan fingerprint density at radius 2 is 1.31 bits per heavy atom. The van der Waals surface area contributed by atoms with Crippen LogP contribution in [0, 0.1) is 0 Å². The summed E-state index contributed by atoms with van der Waals surface area (Å²) < 4.78 is 17.3. The van der Waals surface area contributed by atoms with Gasteiger partial charge in [-0.2, -0.15) is 0 Å². The van der Waals surface area contributed by atoms with Crippen molar-refractivity contribution in [1.29, 1.82) is 0 Å². The molecule has 0 radical (unpaired) electrons. The Bertz CT molecular complexity index is 963. The lowest BCUT2D eigenvalue weighted by Gasteiger charge is -2.15. The van der Waals surface area contributed by atoms with E-state index in [2.05, 4.69) is 17.6 Å². The van der Waals surface area contributed by atoms with E-state index in [1.54, 1.807) is 0 Å². The van der Waals surface area contributed by atoms with Crippen LogP contribution in [0.4, 0.5) is 11.4 Å². The number of hydrogen-bond acceptors (Lipinski definition) is 5. The largest absolute Gasteiger partial charge is 0.491 e. The van der Waals surface area contributed by atoms with Gasteiger partial charge in [0, 0.05) is 0 Å². The first kappa shape index (κ1) is 23.0. The van der Waals surface area contributed by atoms with Crippen molar-refractivity contribution >= 4 is 17.3 Å². The van der Waals surface area contributed by atoms with Gasteiger partial charge in [0.15, 0.2) is 0 Å². The summed E-state index contributed by atoms with van der Waals surface area (Å²) in [5.74, 6) is 1.96. The molecule has 3 aromatic rings. The third-order valence-electron chi connectivity index (χ3n) is 4.60. The maximum atomic E-state index is 12.5. The fourth-order valence-electron chi connectivity index (χ4n) is 2.96. The first-order valence-electron chi connectivity index (χ1n) is 10.9. The lowest BCUT2D eigenvalue weighted by molar-refractivity contribution is -0.114. The lowest BCUT2D eigenvalue weighted by atomic mass is 10.2. The molecule has 6 heteroatoms. The van der Waals surface area contributed by atoms with Gasteiger partial charge in [0.25, 0.3) is 0 Å². The maximum absolute atomic E-state index is 12.5. The van der Waals surface area contributed by atoms with Crippen LogP contribution in [0.1, 0.15) is 19.8 Å². The Morgan fingerprint density at radius 3 is 2.06 bits per heavy atom. The van der Waals surface area contributed by atoms with Crippen molar-refractivity contribution in [3.8, 4) is 17.2 Å². The molecule has 0 atom stereocenters. The standard InChI is InChI=1S/C26H30N2O4/c1-2-3-17-31-24-15-9-7-13-22(24)27-20-26(29)28-23-14-8-10-16-25(23)32-19-18-30-21-11-5-4-6-12-21/h4-16,27H,2-3,17-20H2,1H3,(H,28,29). The predicted molar refractivity (Wildman–Crippen MR) is 128 cm³/mol. The number of unbranched alkanes of at least 4 members (excludes halogenated alkanes) is 1. The van der Waals surface area contributed by atoms with Crippen molar-refractivity contribution in [2.45, 2.75) is 19.8 Å². The van der Waals surface area contributed by atoms with E-state index in [0.717, 1.165) is 30.0 Å². The van der Waals surface area contributed by atoms with Crippen LogP contribution in [0.2, 0.25) is 0 Å². The van der Waals surface area contributed by atoms with E-state index >= 15 is 0 Å². The minimum absolute atomic E-state index is 0.111. The zero-order valence-corrected chi connectivity index (χ0v) is 18.4. The van der Waals surface area contributed by atoms with E-state index < -0.39 is 0 Å². The average molecular weight is 435 g/mol. The summed E-state index contributed by atoms with van der Waals surface area (Å²) in [7, 11) is 0. The van der Waals surface area contributed by atoms with Crippen molar-refractivity contribution in [3.05, 3.63) is 78.9 Å². The van der Waals surface area contributed by atoms with Crippen LogP contribution in [0.5, 0.6) is 17.2 Å². The summed E-state index contributed by atoms with van der Waals surface area (Å²) in [5, 5.41) is 6.06. The number of rotatable bonds is 13. The zero-order valence-electron chi connectivity index (χ0n) is 18.4. The Hall–Kier alpha value is -3.67. The Balaban J connectivity index is 1.48. The van der Waals surface area contributed by atoms with E-state index in [1.165, 1.54) is 0 Å². The van der Waals surface area contributed by atoms with Gasteiger partial charge in [0.1, 0.15) is 30.5 Å². The average Bonchev–Trinajstić information content (AvgIpc) is 2.83. The summed E-state index contributed by atoms with van der Waals surface area (Å²) in [6, 6.07) is 24.6. The van der Waals surface area contributed by atoms with Crippen molar-refractivity contribution in [1.82, 2.24) is 0 Å². The molecule has 1 amide bonds. The van der Waals surface area contributed by atoms with Gasteiger partial charge in [-0.3, -0.25) is 4.79 Å². The normalized spacial score (nSPS) is 10.3. The molecule has 3 aromatic carbocycles. The lowest BCUT2D eigenvalue weighted by Crippen LogP contribution is -2.22. The highest BCUT2D eigenvalue weighted by atomic mass is 16.5. The molecule has 0 aliphatic carbocycles. The van der Waals surface area contributed by atoms with Crippen molar-refractivity contribution in [3.63, 3.8) is 0 Å². The van der Waals surface area contributed by atoms with Gasteiger partial charge in [0.2, 0.25) is 5.91 Å². The van der Waals surface area contributed by atoms with Crippen LogP contribution in [-0.2, 0) is 4.79 Å². The molecule has 0 saturated carbocycles. The highest BCUT2D eigenvalue weighted by Gasteiger charge is 2.09. The second-order valence-electron chi connectivity index (χ2n) is 7.11. The highest BCUT2D eigenvalue weighted by Crippen LogP contribution is 2.25. The quantitative estimate of drug-likeness (QED) is 0.354. The van der Waals surface area contributed by atoms with Crippen LogP contribution < -0.4 is 24.8 Å². The number of hydrogen-bond donors (Lipinski definition) is 2. The molecule has 0 bridgehead atoms. The third-order valence-corrected chi connectivity index (χ3v) is 4.60. The van der Waals surface area contributed by atoms with Crippen LogP contribution >= 0.6 is 0 Å². The number of para-hydroxylation sites is 5. The smallest absolute Gasteiger partial charge is 0.243 e. The molecular formula is C26H30N2O4. The van der Waals surface area contributed by atoms with Gasteiger partial charge in [0.05, 0.1) is 24.5 Å². The number of amides is 1. The van der Waals surface area contributed by atoms with Crippen molar-refractivity contribution in [2.24, 2.45) is 0 Å². The number of ether oxygens (including phenoxy) is 3. The third kappa shape index (κ3) is 7.54. The second kappa shape index (κ2) is 12.9. The summed E-state index contributed by atoms with van der Waals surface area (Å²) in [5.41, 5.74) is 1.41. The van der Waals surface area contributed by atoms with E-state index in [9.17, 15) is 4.79 Å². The summed E-state index contributed by atoms with van der Waals surface area (Å²) in [6.07, 6.45) is 2.06. The Kier molecular flexibility index (Phi) is 9.27. The fourth-order valence-corrected chi connectivity index (χ4v) is 2.96. The van der Waals surface area contributed by atoms with Gasteiger partial charge in [-0.25, -0.2) is 0 Å². The Morgan fingerprint density at radius 1 is 0.719 bits per heavy atom. The van der Waals surface area contributed by atoms with Crippen LogP contribution in [-0.4, -0.2) is 32.3 Å². The van der Waals surface area contributed by atoms with Crippen LogP contribution in [0.15, 0.2) is 78.9 Å².